The van der Waals surface area contributed by atoms with Crippen molar-refractivity contribution in [1.82, 2.24) is 0 Å². The molecule has 0 aliphatic rings. The van der Waals surface area contributed by atoms with Gasteiger partial charge in [-0.2, -0.15) is 0 Å². The Hall–Kier alpha value is -3.10. The lowest BCUT2D eigenvalue weighted by atomic mass is 10.0. The van der Waals surface area contributed by atoms with Crippen molar-refractivity contribution in [2.45, 2.75) is 6.36 Å². The Kier molecular flexibility index (Phi) is 4.21. The summed E-state index contributed by atoms with van der Waals surface area (Å²) in [6, 6.07) is 8.09. The Labute approximate surface area is 126 Å². The van der Waals surface area contributed by atoms with Crippen molar-refractivity contribution in [3.05, 3.63) is 58.1 Å². The number of carboxylic acid groups (broad SMARTS) is 1. The zero-order valence-electron chi connectivity index (χ0n) is 11.2. The van der Waals surface area contributed by atoms with Gasteiger partial charge < -0.3 is 9.84 Å². The van der Waals surface area contributed by atoms with Crippen LogP contribution < -0.4 is 4.74 Å². The molecule has 2 rings (SSSR count). The number of ether oxygens (including phenoxy) is 1. The van der Waals surface area contributed by atoms with Crippen LogP contribution in [0.3, 0.4) is 0 Å². The van der Waals surface area contributed by atoms with E-state index in [4.69, 9.17) is 5.11 Å². The van der Waals surface area contributed by atoms with E-state index in [-0.39, 0.29) is 11.1 Å². The van der Waals surface area contributed by atoms with Gasteiger partial charge in [-0.25, -0.2) is 4.79 Å². The first-order chi connectivity index (χ1) is 10.7. The highest BCUT2D eigenvalue weighted by Gasteiger charge is 2.32. The molecule has 0 unspecified atom stereocenters. The number of benzene rings is 2. The number of carbonyl (C=O) groups is 1. The number of aromatic carboxylic acids is 1. The smallest absolute Gasteiger partial charge is 0.477 e. The molecule has 0 aromatic heterocycles. The summed E-state index contributed by atoms with van der Waals surface area (Å²) in [5.74, 6) is -2.06. The van der Waals surface area contributed by atoms with E-state index in [1.165, 1.54) is 24.3 Å². The molecule has 9 heteroatoms. The highest BCUT2D eigenvalue weighted by Crippen LogP contribution is 2.35. The van der Waals surface area contributed by atoms with Gasteiger partial charge in [0.25, 0.3) is 5.69 Å². The van der Waals surface area contributed by atoms with Gasteiger partial charge in [0.1, 0.15) is 11.3 Å². The van der Waals surface area contributed by atoms with Crippen molar-refractivity contribution in [2.24, 2.45) is 0 Å². The van der Waals surface area contributed by atoms with Gasteiger partial charge in [0.2, 0.25) is 0 Å². The number of para-hydroxylation sites is 1. The molecule has 0 radical (unpaired) electrons. The number of carboxylic acids is 1. The minimum absolute atomic E-state index is 0.0292. The van der Waals surface area contributed by atoms with Crippen LogP contribution in [0.1, 0.15) is 10.4 Å². The van der Waals surface area contributed by atoms with Gasteiger partial charge in [-0.3, -0.25) is 10.1 Å². The van der Waals surface area contributed by atoms with Gasteiger partial charge in [0, 0.05) is 11.6 Å². The number of hydrogen-bond donors (Lipinski definition) is 1. The van der Waals surface area contributed by atoms with E-state index < -0.39 is 34.3 Å². The molecule has 0 heterocycles. The molecular weight excluding hydrogens is 319 g/mol. The van der Waals surface area contributed by atoms with Crippen molar-refractivity contribution >= 4 is 11.7 Å². The van der Waals surface area contributed by atoms with Gasteiger partial charge in [0.15, 0.2) is 0 Å². The maximum absolute atomic E-state index is 12.4. The molecule has 0 fully saturated rings. The third-order valence-corrected chi connectivity index (χ3v) is 2.85. The van der Waals surface area contributed by atoms with Crippen molar-refractivity contribution < 1.29 is 32.7 Å². The Bertz CT molecular complexity index is 773. The van der Waals surface area contributed by atoms with E-state index in [1.54, 1.807) is 0 Å². The van der Waals surface area contributed by atoms with E-state index in [2.05, 4.69) is 4.74 Å². The van der Waals surface area contributed by atoms with Crippen molar-refractivity contribution in [3.63, 3.8) is 0 Å². The molecule has 0 amide bonds. The summed E-state index contributed by atoms with van der Waals surface area (Å²) in [7, 11) is 0. The third-order valence-electron chi connectivity index (χ3n) is 2.85. The minimum atomic E-state index is -4.93. The monoisotopic (exact) mass is 327 g/mol. The number of halogens is 3. The number of nitro groups is 1. The van der Waals surface area contributed by atoms with Gasteiger partial charge in [0.05, 0.1) is 4.92 Å². The molecule has 0 aliphatic carbocycles. The van der Waals surface area contributed by atoms with Crippen LogP contribution in [0.25, 0.3) is 11.1 Å². The van der Waals surface area contributed by atoms with Gasteiger partial charge >= 0.3 is 12.3 Å². The lowest BCUT2D eigenvalue weighted by Gasteiger charge is -2.13. The van der Waals surface area contributed by atoms with E-state index in [1.807, 2.05) is 0 Å². The number of alkyl halides is 3. The largest absolute Gasteiger partial charge is 0.573 e. The summed E-state index contributed by atoms with van der Waals surface area (Å²) >= 11 is 0. The minimum Gasteiger partial charge on any atom is -0.477 e. The first-order valence-corrected chi connectivity index (χ1v) is 6.06. The average Bonchev–Trinajstić information content (AvgIpc) is 2.45. The third kappa shape index (κ3) is 3.76. The number of nitro benzene ring substituents is 1. The van der Waals surface area contributed by atoms with E-state index in [0.29, 0.717) is 0 Å². The lowest BCUT2D eigenvalue weighted by Crippen LogP contribution is -2.17. The van der Waals surface area contributed by atoms with E-state index in [9.17, 15) is 28.1 Å². The number of hydrogen-bond acceptors (Lipinski definition) is 4. The molecule has 1 N–H and O–H groups in total. The fourth-order valence-corrected chi connectivity index (χ4v) is 1.95. The van der Waals surface area contributed by atoms with Crippen LogP contribution in [0.15, 0.2) is 42.5 Å². The summed E-state index contributed by atoms with van der Waals surface area (Å²) in [5.41, 5.74) is -1.31. The summed E-state index contributed by atoms with van der Waals surface area (Å²) in [4.78, 5) is 21.0. The molecule has 0 bridgehead atoms. The topological polar surface area (TPSA) is 89.7 Å². The fourth-order valence-electron chi connectivity index (χ4n) is 1.95. The van der Waals surface area contributed by atoms with Crippen LogP contribution in [0.5, 0.6) is 5.75 Å². The highest BCUT2D eigenvalue weighted by molar-refractivity contribution is 5.93. The molecule has 23 heavy (non-hydrogen) atoms. The van der Waals surface area contributed by atoms with Crippen molar-refractivity contribution in [3.8, 4) is 16.9 Å². The molecule has 0 saturated carbocycles. The zero-order chi connectivity index (χ0) is 17.2. The Morgan fingerprint density at radius 1 is 1.17 bits per heavy atom. The Balaban J connectivity index is 2.57. The van der Waals surface area contributed by atoms with Crippen molar-refractivity contribution in [2.75, 3.05) is 0 Å². The second-order valence-electron chi connectivity index (χ2n) is 4.34. The van der Waals surface area contributed by atoms with Crippen molar-refractivity contribution in [1.29, 1.82) is 0 Å². The molecule has 0 atom stereocenters. The lowest BCUT2D eigenvalue weighted by molar-refractivity contribution is -0.385. The predicted molar refractivity (Wildman–Crippen MR) is 72.2 cm³/mol. The standard InChI is InChI=1S/C14H8F3NO5/c15-14(16,17)23-12-4-2-1-3-9(12)8-5-6-10(13(19)20)11(7-8)18(21)22/h1-7H,(H,19,20). The molecule has 0 aliphatic heterocycles. The van der Waals surface area contributed by atoms with Crippen LogP contribution in [0.2, 0.25) is 0 Å². The Morgan fingerprint density at radius 2 is 1.83 bits per heavy atom. The molecule has 0 spiro atoms. The molecule has 2 aromatic carbocycles. The molecular formula is C14H8F3NO5. The van der Waals surface area contributed by atoms with Gasteiger partial charge in [-0.1, -0.05) is 24.3 Å². The molecule has 0 saturated heterocycles. The van der Waals surface area contributed by atoms with Gasteiger partial charge in [-0.05, 0) is 17.7 Å². The predicted octanol–water partition coefficient (Wildman–Crippen LogP) is 3.86. The van der Waals surface area contributed by atoms with Crippen LogP contribution >= 0.6 is 0 Å². The first-order valence-electron chi connectivity index (χ1n) is 6.06. The maximum Gasteiger partial charge on any atom is 0.573 e. The highest BCUT2D eigenvalue weighted by atomic mass is 19.4. The quantitative estimate of drug-likeness (QED) is 0.680. The SMILES string of the molecule is O=C(O)c1ccc(-c2ccccc2OC(F)(F)F)cc1[N+](=O)[O-]. The molecule has 2 aromatic rings. The van der Waals surface area contributed by atoms with Gasteiger partial charge in [-0.15, -0.1) is 13.2 Å². The Morgan fingerprint density at radius 3 is 2.39 bits per heavy atom. The van der Waals surface area contributed by atoms with Crippen LogP contribution in [-0.4, -0.2) is 22.4 Å². The fraction of sp³-hybridized carbons (Fsp3) is 0.0714. The molecule has 120 valence electrons. The van der Waals surface area contributed by atoms with E-state index in [0.717, 1.165) is 18.2 Å². The molecule has 6 nitrogen and oxygen atoms in total. The van der Waals surface area contributed by atoms with Crippen LogP contribution in [-0.2, 0) is 0 Å². The van der Waals surface area contributed by atoms with Crippen LogP contribution in [0, 0.1) is 10.1 Å². The maximum atomic E-state index is 12.4. The summed E-state index contributed by atoms with van der Waals surface area (Å²) in [6.45, 7) is 0. The van der Waals surface area contributed by atoms with E-state index >= 15 is 0 Å². The zero-order valence-corrected chi connectivity index (χ0v) is 11.2. The second-order valence-corrected chi connectivity index (χ2v) is 4.34. The first kappa shape index (κ1) is 16.3. The summed E-state index contributed by atoms with van der Waals surface area (Å²) in [5, 5.41) is 19.9. The summed E-state index contributed by atoms with van der Waals surface area (Å²) < 4.78 is 41.1. The average molecular weight is 327 g/mol. The summed E-state index contributed by atoms with van der Waals surface area (Å²) in [6.07, 6.45) is -4.93. The number of nitrogens with zero attached hydrogens (tertiary/aromatic N) is 1. The number of rotatable bonds is 4. The normalized spacial score (nSPS) is 11.1. The second kappa shape index (κ2) is 5.95. The van der Waals surface area contributed by atoms with Crippen LogP contribution in [0.4, 0.5) is 18.9 Å².